The van der Waals surface area contributed by atoms with Crippen molar-refractivity contribution < 1.29 is 24.6 Å². The highest BCUT2D eigenvalue weighted by atomic mass is 79.9. The first kappa shape index (κ1) is 28.1. The Bertz CT molecular complexity index is 1130. The van der Waals surface area contributed by atoms with Crippen LogP contribution in [0.25, 0.3) is 0 Å². The fraction of sp³-hybridized carbons (Fsp3) is 0.483. The SMILES string of the molecule is CCCCC1CCC2(CC1)CN(c1ccc(Br)cc1)C(=O)N2Cc1ccc(C(=O)NCC(O)C(=O)O)cc1. The lowest BCUT2D eigenvalue weighted by atomic mass is 9.74. The first-order chi connectivity index (χ1) is 18.2. The van der Waals surface area contributed by atoms with Crippen molar-refractivity contribution in [3.8, 4) is 0 Å². The van der Waals surface area contributed by atoms with E-state index >= 15 is 0 Å². The Hall–Kier alpha value is -2.91. The van der Waals surface area contributed by atoms with Crippen molar-refractivity contribution in [3.63, 3.8) is 0 Å². The number of carbonyl (C=O) groups is 3. The summed E-state index contributed by atoms with van der Waals surface area (Å²) in [6, 6.07) is 14.9. The van der Waals surface area contributed by atoms with E-state index in [1.165, 1.54) is 19.3 Å². The largest absolute Gasteiger partial charge is 0.479 e. The summed E-state index contributed by atoms with van der Waals surface area (Å²) in [5.41, 5.74) is 1.95. The number of nitrogens with zero attached hydrogens (tertiary/aromatic N) is 2. The molecule has 3 amide bonds. The summed E-state index contributed by atoms with van der Waals surface area (Å²) in [6.45, 7) is 2.98. The maximum atomic E-state index is 13.8. The van der Waals surface area contributed by atoms with Crippen molar-refractivity contribution in [3.05, 3.63) is 64.1 Å². The second kappa shape index (κ2) is 12.3. The van der Waals surface area contributed by atoms with Gasteiger partial charge in [-0.15, -0.1) is 0 Å². The van der Waals surface area contributed by atoms with E-state index < -0.39 is 18.0 Å². The molecule has 4 rings (SSSR count). The Balaban J connectivity index is 1.50. The Morgan fingerprint density at radius 1 is 1.11 bits per heavy atom. The van der Waals surface area contributed by atoms with E-state index in [1.54, 1.807) is 12.1 Å². The molecular weight excluding hydrogens is 550 g/mol. The highest BCUT2D eigenvalue weighted by molar-refractivity contribution is 9.10. The number of carboxylic acid groups (broad SMARTS) is 1. The number of benzene rings is 2. The first-order valence-corrected chi connectivity index (χ1v) is 14.1. The second-order valence-corrected chi connectivity index (χ2v) is 11.4. The van der Waals surface area contributed by atoms with E-state index in [-0.39, 0.29) is 18.1 Å². The highest BCUT2D eigenvalue weighted by Crippen LogP contribution is 2.44. The number of unbranched alkanes of at least 4 members (excludes halogenated alkanes) is 1. The first-order valence-electron chi connectivity index (χ1n) is 13.3. The number of aliphatic hydroxyl groups is 1. The van der Waals surface area contributed by atoms with Gasteiger partial charge in [0, 0.05) is 22.3 Å². The number of carbonyl (C=O) groups excluding carboxylic acids is 2. The number of carboxylic acids is 1. The zero-order chi connectivity index (χ0) is 27.3. The molecule has 2 aromatic rings. The molecule has 0 bridgehead atoms. The quantitative estimate of drug-likeness (QED) is 0.355. The molecule has 1 heterocycles. The minimum Gasteiger partial charge on any atom is -0.479 e. The molecule has 1 saturated carbocycles. The van der Waals surface area contributed by atoms with Crippen molar-refractivity contribution in [2.45, 2.75) is 70.1 Å². The van der Waals surface area contributed by atoms with Gasteiger partial charge in [0.25, 0.3) is 5.91 Å². The van der Waals surface area contributed by atoms with Crippen molar-refractivity contribution in [1.82, 2.24) is 10.2 Å². The Morgan fingerprint density at radius 3 is 2.37 bits per heavy atom. The number of aliphatic hydroxyl groups excluding tert-OH is 1. The van der Waals surface area contributed by atoms with Crippen LogP contribution in [0, 0.1) is 5.92 Å². The second-order valence-electron chi connectivity index (χ2n) is 10.5. The van der Waals surface area contributed by atoms with Crippen LogP contribution in [-0.2, 0) is 11.3 Å². The maximum absolute atomic E-state index is 13.8. The van der Waals surface area contributed by atoms with Gasteiger partial charge in [0.05, 0.1) is 18.6 Å². The number of anilines is 1. The minimum absolute atomic E-state index is 0.00353. The Labute approximate surface area is 232 Å². The van der Waals surface area contributed by atoms with E-state index in [4.69, 9.17) is 5.11 Å². The molecule has 1 unspecified atom stereocenters. The number of amides is 3. The summed E-state index contributed by atoms with van der Waals surface area (Å²) in [7, 11) is 0. The summed E-state index contributed by atoms with van der Waals surface area (Å²) in [5, 5.41) is 20.6. The molecule has 3 N–H and O–H groups in total. The van der Waals surface area contributed by atoms with Crippen molar-refractivity contribution in [2.24, 2.45) is 5.92 Å². The fourth-order valence-corrected chi connectivity index (χ4v) is 5.87. The number of hydrogen-bond acceptors (Lipinski definition) is 4. The van der Waals surface area contributed by atoms with E-state index in [2.05, 4.69) is 28.2 Å². The molecule has 1 aliphatic heterocycles. The smallest absolute Gasteiger partial charge is 0.334 e. The topological polar surface area (TPSA) is 110 Å². The standard InChI is InChI=1S/C29H36BrN3O5/c1-2-3-4-20-13-15-29(16-14-20)19-32(24-11-9-23(30)10-12-24)28(38)33(29)18-21-5-7-22(8-6-21)26(35)31-17-25(34)27(36)37/h5-12,20,25,34H,2-4,13-19H2,1H3,(H,31,35)(H,36,37). The number of halogens is 1. The zero-order valence-electron chi connectivity index (χ0n) is 21.7. The molecule has 2 aromatic carbocycles. The zero-order valence-corrected chi connectivity index (χ0v) is 23.3. The van der Waals surface area contributed by atoms with Crippen LogP contribution in [0.2, 0.25) is 0 Å². The molecule has 1 spiro atoms. The fourth-order valence-electron chi connectivity index (χ4n) is 5.60. The maximum Gasteiger partial charge on any atom is 0.334 e. The third-order valence-electron chi connectivity index (χ3n) is 7.92. The van der Waals surface area contributed by atoms with Gasteiger partial charge in [-0.25, -0.2) is 9.59 Å². The van der Waals surface area contributed by atoms with Crippen LogP contribution in [0.1, 0.15) is 67.8 Å². The molecule has 0 radical (unpaired) electrons. The van der Waals surface area contributed by atoms with Crippen molar-refractivity contribution in [1.29, 1.82) is 0 Å². The van der Waals surface area contributed by atoms with Crippen LogP contribution < -0.4 is 10.2 Å². The average Bonchev–Trinajstić information content (AvgIpc) is 3.18. The summed E-state index contributed by atoms with van der Waals surface area (Å²) >= 11 is 3.48. The van der Waals surface area contributed by atoms with Crippen LogP contribution >= 0.6 is 15.9 Å². The number of rotatable bonds is 10. The summed E-state index contributed by atoms with van der Waals surface area (Å²) in [5.74, 6) is -1.13. The van der Waals surface area contributed by atoms with Gasteiger partial charge in [-0.1, -0.05) is 54.2 Å². The van der Waals surface area contributed by atoms with Crippen LogP contribution in [0.5, 0.6) is 0 Å². The van der Waals surface area contributed by atoms with Crippen LogP contribution in [-0.4, -0.2) is 57.8 Å². The summed E-state index contributed by atoms with van der Waals surface area (Å²) in [4.78, 5) is 40.9. The van der Waals surface area contributed by atoms with E-state index in [9.17, 15) is 19.5 Å². The Kier molecular flexibility index (Phi) is 9.10. The van der Waals surface area contributed by atoms with Crippen molar-refractivity contribution >= 4 is 39.5 Å². The molecule has 2 aliphatic rings. The molecule has 38 heavy (non-hydrogen) atoms. The number of urea groups is 1. The number of hydrogen-bond donors (Lipinski definition) is 3. The van der Waals surface area contributed by atoms with Crippen LogP contribution in [0.4, 0.5) is 10.5 Å². The molecule has 1 aliphatic carbocycles. The van der Waals surface area contributed by atoms with Crippen LogP contribution in [0.15, 0.2) is 53.0 Å². The summed E-state index contributed by atoms with van der Waals surface area (Å²) < 4.78 is 0.970. The van der Waals surface area contributed by atoms with Crippen molar-refractivity contribution in [2.75, 3.05) is 18.0 Å². The van der Waals surface area contributed by atoms with Gasteiger partial charge in [0.2, 0.25) is 0 Å². The molecule has 1 saturated heterocycles. The third kappa shape index (κ3) is 6.38. The molecule has 9 heteroatoms. The number of nitrogens with one attached hydrogen (secondary N) is 1. The normalized spacial score (nSPS) is 22.1. The van der Waals surface area contributed by atoms with Gasteiger partial charge < -0.3 is 20.4 Å². The average molecular weight is 587 g/mol. The lowest BCUT2D eigenvalue weighted by Crippen LogP contribution is -2.49. The monoisotopic (exact) mass is 585 g/mol. The molecular formula is C29H36BrN3O5. The van der Waals surface area contributed by atoms with E-state index in [0.717, 1.165) is 47.3 Å². The lowest BCUT2D eigenvalue weighted by molar-refractivity contribution is -0.146. The van der Waals surface area contributed by atoms with Crippen LogP contribution in [0.3, 0.4) is 0 Å². The lowest BCUT2D eigenvalue weighted by Gasteiger charge is -2.42. The van der Waals surface area contributed by atoms with E-state index in [0.29, 0.717) is 18.7 Å². The van der Waals surface area contributed by atoms with Gasteiger partial charge in [-0.3, -0.25) is 9.69 Å². The highest BCUT2D eigenvalue weighted by Gasteiger charge is 2.51. The summed E-state index contributed by atoms with van der Waals surface area (Å²) in [6.07, 6.45) is 6.26. The predicted molar refractivity (Wildman–Crippen MR) is 149 cm³/mol. The molecule has 204 valence electrons. The number of aliphatic carboxylic acids is 1. The third-order valence-corrected chi connectivity index (χ3v) is 8.45. The Morgan fingerprint density at radius 2 is 1.76 bits per heavy atom. The predicted octanol–water partition coefficient (Wildman–Crippen LogP) is 5.19. The molecule has 2 fully saturated rings. The molecule has 0 aromatic heterocycles. The van der Waals surface area contributed by atoms with Gasteiger partial charge >= 0.3 is 12.0 Å². The molecule has 1 atom stereocenters. The van der Waals surface area contributed by atoms with Gasteiger partial charge in [0.15, 0.2) is 6.10 Å². The van der Waals surface area contributed by atoms with Gasteiger partial charge in [-0.05, 0) is 73.6 Å². The van der Waals surface area contributed by atoms with Gasteiger partial charge in [-0.2, -0.15) is 0 Å². The molecule has 8 nitrogen and oxygen atoms in total. The van der Waals surface area contributed by atoms with Gasteiger partial charge in [0.1, 0.15) is 0 Å². The minimum atomic E-state index is -1.65. The van der Waals surface area contributed by atoms with E-state index in [1.807, 2.05) is 46.2 Å².